The van der Waals surface area contributed by atoms with E-state index in [1.54, 1.807) is 0 Å². The van der Waals surface area contributed by atoms with Gasteiger partial charge in [0.2, 0.25) is 0 Å². The van der Waals surface area contributed by atoms with Gasteiger partial charge >= 0.3 is 0 Å². The summed E-state index contributed by atoms with van der Waals surface area (Å²) in [6.07, 6.45) is 1.86. The summed E-state index contributed by atoms with van der Waals surface area (Å²) >= 11 is 6.26. The summed E-state index contributed by atoms with van der Waals surface area (Å²) in [5.74, 6) is 0. The first-order valence-corrected chi connectivity index (χ1v) is 5.78. The molecule has 3 heteroatoms. The van der Waals surface area contributed by atoms with Gasteiger partial charge in [0.25, 0.3) is 0 Å². The molecule has 0 fully saturated rings. The topological polar surface area (TPSA) is 52.0 Å². The number of rotatable bonds is 4. The molecule has 0 heterocycles. The van der Waals surface area contributed by atoms with E-state index < -0.39 is 0 Å². The summed E-state index contributed by atoms with van der Waals surface area (Å²) in [7, 11) is 0. The van der Waals surface area contributed by atoms with Crippen LogP contribution in [0, 0.1) is 0 Å². The molecule has 1 aromatic rings. The maximum absolute atomic E-state index is 6.26. The fraction of sp³-hybridized carbons (Fsp3) is 0.500. The lowest BCUT2D eigenvalue weighted by Crippen LogP contribution is -2.21. The van der Waals surface area contributed by atoms with Crippen LogP contribution in [0.3, 0.4) is 0 Å². The molecule has 1 aromatic carbocycles. The van der Waals surface area contributed by atoms with E-state index in [1.807, 2.05) is 0 Å². The van der Waals surface area contributed by atoms with Crippen molar-refractivity contribution >= 4 is 11.6 Å². The zero-order chi connectivity index (χ0) is 11.4. The zero-order valence-corrected chi connectivity index (χ0v) is 10.1. The maximum atomic E-state index is 6.26. The second-order valence-corrected chi connectivity index (χ2v) is 4.08. The number of hydrogen-bond acceptors (Lipinski definition) is 2. The molecule has 0 saturated carbocycles. The van der Waals surface area contributed by atoms with Crippen LogP contribution >= 0.6 is 11.6 Å². The van der Waals surface area contributed by atoms with Crippen LogP contribution in [0.25, 0.3) is 0 Å². The predicted molar refractivity (Wildman–Crippen MR) is 66.2 cm³/mol. The Balaban J connectivity index is 3.20. The molecule has 0 radical (unpaired) electrons. The van der Waals surface area contributed by atoms with Gasteiger partial charge in [-0.25, -0.2) is 0 Å². The Morgan fingerprint density at radius 3 is 2.00 bits per heavy atom. The Bertz CT molecular complexity index is 311. The molecule has 0 aliphatic rings. The van der Waals surface area contributed by atoms with E-state index in [0.29, 0.717) is 6.54 Å². The Morgan fingerprint density at radius 1 is 1.20 bits per heavy atom. The Hall–Kier alpha value is -0.570. The highest BCUT2D eigenvalue weighted by Gasteiger charge is 2.10. The van der Waals surface area contributed by atoms with Crippen molar-refractivity contribution in [3.05, 3.63) is 33.8 Å². The van der Waals surface area contributed by atoms with Crippen LogP contribution in [-0.2, 0) is 12.8 Å². The lowest BCUT2D eigenvalue weighted by molar-refractivity contribution is 0.734. The molecule has 1 atom stereocenters. The highest BCUT2D eigenvalue weighted by molar-refractivity contribution is 6.32. The Morgan fingerprint density at radius 2 is 1.67 bits per heavy atom. The Kier molecular flexibility index (Phi) is 4.58. The summed E-state index contributed by atoms with van der Waals surface area (Å²) in [4.78, 5) is 0. The van der Waals surface area contributed by atoms with Gasteiger partial charge in [0.15, 0.2) is 0 Å². The van der Waals surface area contributed by atoms with Gasteiger partial charge in [-0.2, -0.15) is 0 Å². The molecular weight excluding hydrogens is 208 g/mol. The van der Waals surface area contributed by atoms with Crippen LogP contribution in [0.2, 0.25) is 5.02 Å². The van der Waals surface area contributed by atoms with E-state index >= 15 is 0 Å². The fourth-order valence-corrected chi connectivity index (χ4v) is 2.02. The first-order valence-electron chi connectivity index (χ1n) is 5.40. The van der Waals surface area contributed by atoms with Crippen molar-refractivity contribution in [2.24, 2.45) is 11.5 Å². The third-order valence-electron chi connectivity index (χ3n) is 2.69. The lowest BCUT2D eigenvalue weighted by Gasteiger charge is -2.14. The third kappa shape index (κ3) is 2.71. The van der Waals surface area contributed by atoms with E-state index in [9.17, 15) is 0 Å². The first kappa shape index (κ1) is 12.5. The van der Waals surface area contributed by atoms with Crippen LogP contribution in [0.4, 0.5) is 0 Å². The average Bonchev–Trinajstić information content (AvgIpc) is 2.28. The molecule has 1 rings (SSSR count). The summed E-state index contributed by atoms with van der Waals surface area (Å²) < 4.78 is 0. The standard InChI is InChI=1S/C12H19ClN2/c1-3-8-5-10(11(15)7-14)6-9(4-2)12(8)13/h5-6,11H,3-4,7,14-15H2,1-2H3/t11-/m0/s1. The monoisotopic (exact) mass is 226 g/mol. The van der Waals surface area contributed by atoms with Crippen molar-refractivity contribution in [2.45, 2.75) is 32.7 Å². The molecule has 0 bridgehead atoms. The predicted octanol–water partition coefficient (Wildman–Crippen LogP) is 2.42. The van der Waals surface area contributed by atoms with Gasteiger partial charge in [-0.1, -0.05) is 37.6 Å². The van der Waals surface area contributed by atoms with Crippen molar-refractivity contribution in [3.63, 3.8) is 0 Å². The smallest absolute Gasteiger partial charge is 0.0469 e. The second kappa shape index (κ2) is 5.50. The molecule has 0 spiro atoms. The van der Waals surface area contributed by atoms with Crippen molar-refractivity contribution in [3.8, 4) is 0 Å². The van der Waals surface area contributed by atoms with E-state index in [4.69, 9.17) is 23.1 Å². The third-order valence-corrected chi connectivity index (χ3v) is 3.18. The SMILES string of the molecule is CCc1cc([C@@H](N)CN)cc(CC)c1Cl. The first-order chi connectivity index (χ1) is 7.13. The van der Waals surface area contributed by atoms with Crippen LogP contribution in [0.1, 0.15) is 36.6 Å². The van der Waals surface area contributed by atoms with Crippen molar-refractivity contribution < 1.29 is 0 Å². The van der Waals surface area contributed by atoms with Crippen LogP contribution in [0.15, 0.2) is 12.1 Å². The van der Waals surface area contributed by atoms with E-state index in [0.717, 1.165) is 34.6 Å². The maximum Gasteiger partial charge on any atom is 0.0469 e. The number of nitrogens with two attached hydrogens (primary N) is 2. The lowest BCUT2D eigenvalue weighted by atomic mass is 9.98. The van der Waals surface area contributed by atoms with Gasteiger partial charge < -0.3 is 11.5 Å². The minimum Gasteiger partial charge on any atom is -0.329 e. The molecule has 0 aliphatic carbocycles. The van der Waals surface area contributed by atoms with Gasteiger partial charge in [0.05, 0.1) is 0 Å². The molecule has 0 aliphatic heterocycles. The largest absolute Gasteiger partial charge is 0.329 e. The van der Waals surface area contributed by atoms with E-state index in [-0.39, 0.29) is 6.04 Å². The number of aryl methyl sites for hydroxylation is 2. The molecule has 4 N–H and O–H groups in total. The summed E-state index contributed by atoms with van der Waals surface area (Å²) in [6.45, 7) is 4.66. The number of halogens is 1. The zero-order valence-electron chi connectivity index (χ0n) is 9.39. The number of hydrogen-bond donors (Lipinski definition) is 2. The van der Waals surface area contributed by atoms with E-state index in [2.05, 4.69) is 26.0 Å². The second-order valence-electron chi connectivity index (χ2n) is 3.70. The van der Waals surface area contributed by atoms with Gasteiger partial charge in [0, 0.05) is 17.6 Å². The molecule has 0 unspecified atom stereocenters. The van der Waals surface area contributed by atoms with Crippen LogP contribution in [0.5, 0.6) is 0 Å². The molecule has 0 amide bonds. The minimum absolute atomic E-state index is 0.0853. The van der Waals surface area contributed by atoms with Gasteiger partial charge in [0.1, 0.15) is 0 Å². The van der Waals surface area contributed by atoms with Gasteiger partial charge in [-0.15, -0.1) is 0 Å². The van der Waals surface area contributed by atoms with Crippen molar-refractivity contribution in [2.75, 3.05) is 6.54 Å². The normalized spacial score (nSPS) is 12.9. The van der Waals surface area contributed by atoms with Crippen molar-refractivity contribution in [1.29, 1.82) is 0 Å². The minimum atomic E-state index is -0.0853. The quantitative estimate of drug-likeness (QED) is 0.829. The summed E-state index contributed by atoms with van der Waals surface area (Å²) in [5, 5.41) is 0.882. The van der Waals surface area contributed by atoms with Gasteiger partial charge in [-0.3, -0.25) is 0 Å². The van der Waals surface area contributed by atoms with Crippen LogP contribution < -0.4 is 11.5 Å². The summed E-state index contributed by atoms with van der Waals surface area (Å²) in [6, 6.07) is 4.05. The molecule has 15 heavy (non-hydrogen) atoms. The average molecular weight is 227 g/mol. The van der Waals surface area contributed by atoms with Gasteiger partial charge in [-0.05, 0) is 29.5 Å². The highest BCUT2D eigenvalue weighted by atomic mass is 35.5. The molecular formula is C12H19ClN2. The highest BCUT2D eigenvalue weighted by Crippen LogP contribution is 2.26. The van der Waals surface area contributed by atoms with E-state index in [1.165, 1.54) is 0 Å². The number of benzene rings is 1. The molecule has 84 valence electrons. The van der Waals surface area contributed by atoms with Crippen LogP contribution in [-0.4, -0.2) is 6.54 Å². The van der Waals surface area contributed by atoms with Crippen molar-refractivity contribution in [1.82, 2.24) is 0 Å². The Labute approximate surface area is 96.6 Å². The fourth-order valence-electron chi connectivity index (χ4n) is 1.64. The molecule has 0 saturated heterocycles. The summed E-state index contributed by atoms with van der Waals surface area (Å²) in [5.41, 5.74) is 14.9. The molecule has 0 aromatic heterocycles. The molecule has 2 nitrogen and oxygen atoms in total.